The van der Waals surface area contributed by atoms with E-state index in [0.29, 0.717) is 23.3 Å². The maximum atomic E-state index is 6.03. The number of ether oxygens (including phenoxy) is 1. The Bertz CT molecular complexity index is 634. The number of halogens is 2. The van der Waals surface area contributed by atoms with Crippen molar-refractivity contribution < 1.29 is 4.74 Å². The monoisotopic (exact) mass is 439 g/mol. The number of nitrogens with two attached hydrogens (primary N) is 1. The van der Waals surface area contributed by atoms with E-state index in [0.717, 1.165) is 16.3 Å². The second kappa shape index (κ2) is 8.35. The van der Waals surface area contributed by atoms with E-state index in [2.05, 4.69) is 19.9 Å². The number of nitrogens with one attached hydrogen (secondary N) is 1. The van der Waals surface area contributed by atoms with Gasteiger partial charge in [0.1, 0.15) is 5.75 Å². The standard InChI is InChI=1S/C12H14ClN5OS.HI/c1-7-11(20-18-17-7)6-15-12(14)16-8-3-4-10(19-2)9(13)5-8;/h3-5H,6H2,1-2H3,(H3,14,15,16);1H. The number of hydrogen-bond donors (Lipinski definition) is 2. The van der Waals surface area contributed by atoms with Crippen molar-refractivity contribution >= 4 is 58.8 Å². The van der Waals surface area contributed by atoms with Crippen LogP contribution in [0, 0.1) is 6.92 Å². The third kappa shape index (κ3) is 4.97. The van der Waals surface area contributed by atoms with Crippen LogP contribution in [0.25, 0.3) is 0 Å². The second-order valence-electron chi connectivity index (χ2n) is 3.96. The van der Waals surface area contributed by atoms with Crippen LogP contribution < -0.4 is 15.8 Å². The lowest BCUT2D eigenvalue weighted by molar-refractivity contribution is 0.415. The Balaban J connectivity index is 0.00000220. The van der Waals surface area contributed by atoms with Crippen LogP contribution in [0.4, 0.5) is 5.69 Å². The Morgan fingerprint density at radius 3 is 2.86 bits per heavy atom. The number of aliphatic imine (C=N–C) groups is 1. The van der Waals surface area contributed by atoms with Crippen LogP contribution in [-0.4, -0.2) is 22.7 Å². The van der Waals surface area contributed by atoms with E-state index in [4.69, 9.17) is 22.1 Å². The predicted octanol–water partition coefficient (Wildman–Crippen LogP) is 3.05. The molecule has 0 atom stereocenters. The summed E-state index contributed by atoms with van der Waals surface area (Å²) in [5, 5.41) is 7.39. The third-order valence-electron chi connectivity index (χ3n) is 2.56. The highest BCUT2D eigenvalue weighted by Gasteiger charge is 2.04. The molecule has 0 saturated carbocycles. The molecule has 21 heavy (non-hydrogen) atoms. The lowest BCUT2D eigenvalue weighted by Gasteiger charge is -2.08. The number of methoxy groups -OCH3 is 1. The SMILES string of the molecule is COc1ccc(NC(N)=NCc2snnc2C)cc1Cl.I. The number of rotatable bonds is 4. The lowest BCUT2D eigenvalue weighted by atomic mass is 10.3. The van der Waals surface area contributed by atoms with Crippen LogP contribution in [0.2, 0.25) is 5.02 Å². The molecular formula is C12H15ClIN5OS. The van der Waals surface area contributed by atoms with Crippen LogP contribution in [0.15, 0.2) is 23.2 Å². The van der Waals surface area contributed by atoms with Crippen LogP contribution in [0.1, 0.15) is 10.6 Å². The Morgan fingerprint density at radius 1 is 1.52 bits per heavy atom. The molecule has 0 aliphatic rings. The Kier molecular flexibility index (Phi) is 7.12. The first-order valence-electron chi connectivity index (χ1n) is 5.78. The first kappa shape index (κ1) is 17.9. The maximum absolute atomic E-state index is 6.03. The van der Waals surface area contributed by atoms with Gasteiger partial charge in [-0.1, -0.05) is 16.1 Å². The fourth-order valence-electron chi connectivity index (χ4n) is 1.48. The number of benzene rings is 1. The van der Waals surface area contributed by atoms with Gasteiger partial charge in [0, 0.05) is 5.69 Å². The smallest absolute Gasteiger partial charge is 0.193 e. The van der Waals surface area contributed by atoms with Crippen LogP contribution >= 0.6 is 47.1 Å². The van der Waals surface area contributed by atoms with Crippen molar-refractivity contribution in [1.29, 1.82) is 0 Å². The van der Waals surface area contributed by atoms with E-state index in [1.807, 2.05) is 13.0 Å². The normalized spacial score (nSPS) is 10.9. The van der Waals surface area contributed by atoms with Crippen LogP contribution in [0.3, 0.4) is 0 Å². The van der Waals surface area contributed by atoms with Gasteiger partial charge in [0.15, 0.2) is 5.96 Å². The van der Waals surface area contributed by atoms with E-state index in [1.165, 1.54) is 11.5 Å². The molecule has 0 aliphatic carbocycles. The van der Waals surface area contributed by atoms with Crippen molar-refractivity contribution in [2.75, 3.05) is 12.4 Å². The van der Waals surface area contributed by atoms with Gasteiger partial charge in [-0.25, -0.2) is 4.99 Å². The molecule has 114 valence electrons. The summed E-state index contributed by atoms with van der Waals surface area (Å²) in [5.41, 5.74) is 7.44. The van der Waals surface area contributed by atoms with E-state index in [1.54, 1.807) is 19.2 Å². The van der Waals surface area contributed by atoms with E-state index >= 15 is 0 Å². The molecule has 3 N–H and O–H groups in total. The molecule has 0 aliphatic heterocycles. The quantitative estimate of drug-likeness (QED) is 0.434. The van der Waals surface area contributed by atoms with Crippen molar-refractivity contribution in [3.8, 4) is 5.75 Å². The van der Waals surface area contributed by atoms with Gasteiger partial charge < -0.3 is 15.8 Å². The first-order valence-corrected chi connectivity index (χ1v) is 6.93. The number of nitrogens with zero attached hydrogens (tertiary/aromatic N) is 3. The summed E-state index contributed by atoms with van der Waals surface area (Å²) in [7, 11) is 1.57. The molecule has 2 rings (SSSR count). The van der Waals surface area contributed by atoms with Crippen molar-refractivity contribution in [3.05, 3.63) is 33.8 Å². The molecule has 0 radical (unpaired) electrons. The summed E-state index contributed by atoms with van der Waals surface area (Å²) >= 11 is 7.35. The average molecular weight is 440 g/mol. The number of hydrogen-bond acceptors (Lipinski definition) is 5. The molecule has 0 unspecified atom stereocenters. The molecule has 0 bridgehead atoms. The van der Waals surface area contributed by atoms with Crippen molar-refractivity contribution in [1.82, 2.24) is 9.59 Å². The third-order valence-corrected chi connectivity index (χ3v) is 3.67. The van der Waals surface area contributed by atoms with Crippen LogP contribution in [-0.2, 0) is 6.54 Å². The van der Waals surface area contributed by atoms with Gasteiger partial charge in [-0.05, 0) is 36.7 Å². The van der Waals surface area contributed by atoms with E-state index < -0.39 is 0 Å². The minimum atomic E-state index is 0. The van der Waals surface area contributed by atoms with E-state index in [-0.39, 0.29) is 24.0 Å². The minimum absolute atomic E-state index is 0. The van der Waals surface area contributed by atoms with Gasteiger partial charge in [-0.3, -0.25) is 0 Å². The lowest BCUT2D eigenvalue weighted by Crippen LogP contribution is -2.22. The number of aromatic nitrogens is 2. The first-order chi connectivity index (χ1) is 9.60. The van der Waals surface area contributed by atoms with Gasteiger partial charge >= 0.3 is 0 Å². The molecule has 9 heteroatoms. The molecule has 1 heterocycles. The summed E-state index contributed by atoms with van der Waals surface area (Å²) in [6.45, 7) is 2.34. The zero-order valence-corrected chi connectivity index (χ0v) is 15.4. The molecule has 0 fully saturated rings. The molecule has 6 nitrogen and oxygen atoms in total. The fraction of sp³-hybridized carbons (Fsp3) is 0.250. The molecular weight excluding hydrogens is 425 g/mol. The summed E-state index contributed by atoms with van der Waals surface area (Å²) < 4.78 is 8.93. The molecule has 0 saturated heterocycles. The summed E-state index contributed by atoms with van der Waals surface area (Å²) in [6.07, 6.45) is 0. The van der Waals surface area contributed by atoms with Gasteiger partial charge in [-0.2, -0.15) is 0 Å². The number of anilines is 1. The molecule has 0 amide bonds. The number of guanidine groups is 1. The van der Waals surface area contributed by atoms with Gasteiger partial charge in [-0.15, -0.1) is 29.1 Å². The highest BCUT2D eigenvalue weighted by Crippen LogP contribution is 2.27. The van der Waals surface area contributed by atoms with Gasteiger partial charge in [0.25, 0.3) is 0 Å². The Labute approximate surface area is 148 Å². The summed E-state index contributed by atoms with van der Waals surface area (Å²) in [5.74, 6) is 0.915. The van der Waals surface area contributed by atoms with Crippen LogP contribution in [0.5, 0.6) is 5.75 Å². The van der Waals surface area contributed by atoms with Crippen molar-refractivity contribution in [2.45, 2.75) is 13.5 Å². The summed E-state index contributed by atoms with van der Waals surface area (Å²) in [4.78, 5) is 5.22. The van der Waals surface area contributed by atoms with Gasteiger partial charge in [0.2, 0.25) is 0 Å². The highest BCUT2D eigenvalue weighted by molar-refractivity contribution is 14.0. The minimum Gasteiger partial charge on any atom is -0.495 e. The largest absolute Gasteiger partial charge is 0.495 e. The fourth-order valence-corrected chi connectivity index (χ4v) is 2.30. The molecule has 0 spiro atoms. The Hall–Kier alpha value is -1.13. The topological polar surface area (TPSA) is 85.4 Å². The Morgan fingerprint density at radius 2 is 2.29 bits per heavy atom. The predicted molar refractivity (Wildman–Crippen MR) is 97.0 cm³/mol. The van der Waals surface area contributed by atoms with Crippen molar-refractivity contribution in [3.63, 3.8) is 0 Å². The summed E-state index contributed by atoms with van der Waals surface area (Å²) in [6, 6.07) is 5.30. The molecule has 1 aromatic heterocycles. The second-order valence-corrected chi connectivity index (χ2v) is 5.20. The molecule has 1 aromatic carbocycles. The zero-order valence-electron chi connectivity index (χ0n) is 11.5. The van der Waals surface area contributed by atoms with Crippen molar-refractivity contribution in [2.24, 2.45) is 10.7 Å². The van der Waals surface area contributed by atoms with Gasteiger partial charge in [0.05, 0.1) is 29.2 Å². The number of aryl methyl sites for hydroxylation is 1. The maximum Gasteiger partial charge on any atom is 0.193 e. The van der Waals surface area contributed by atoms with E-state index in [9.17, 15) is 0 Å². The average Bonchev–Trinajstić information content (AvgIpc) is 2.82. The zero-order chi connectivity index (χ0) is 14.5. The molecule has 2 aromatic rings. The highest BCUT2D eigenvalue weighted by atomic mass is 127.